The van der Waals surface area contributed by atoms with Gasteiger partial charge in [0.1, 0.15) is 5.82 Å². The maximum Gasteiger partial charge on any atom is 0.300 e. The van der Waals surface area contributed by atoms with Gasteiger partial charge in [0.25, 0.3) is 0 Å². The topological polar surface area (TPSA) is 110 Å². The molecule has 0 saturated heterocycles. The highest BCUT2D eigenvalue weighted by Crippen LogP contribution is 2.24. The molecule has 0 bridgehead atoms. The van der Waals surface area contributed by atoms with Crippen LogP contribution in [0.15, 0.2) is 58.4 Å². The molecule has 0 amide bonds. The number of nitrogens with one attached hydrogen (secondary N) is 1. The van der Waals surface area contributed by atoms with Crippen LogP contribution in [0.3, 0.4) is 0 Å². The van der Waals surface area contributed by atoms with E-state index in [1.54, 1.807) is 18.3 Å². The largest absolute Gasteiger partial charge is 0.423 e. The quantitative estimate of drug-likeness (QED) is 0.296. The Kier molecular flexibility index (Phi) is 3.92. The number of hydrogen-bond acceptors (Lipinski definition) is 6. The van der Waals surface area contributed by atoms with Gasteiger partial charge >= 0.3 is 6.01 Å². The Morgan fingerprint density at radius 1 is 1.13 bits per heavy atom. The van der Waals surface area contributed by atoms with Crippen molar-refractivity contribution in [2.45, 2.75) is 6.92 Å². The molecule has 116 valence electrons. The van der Waals surface area contributed by atoms with E-state index in [0.717, 1.165) is 5.56 Å². The highest BCUT2D eigenvalue weighted by Gasteiger charge is 2.07. The van der Waals surface area contributed by atoms with Crippen molar-refractivity contribution in [3.8, 4) is 11.3 Å². The average molecular weight is 309 g/mol. The zero-order valence-electron chi connectivity index (χ0n) is 12.4. The van der Waals surface area contributed by atoms with Gasteiger partial charge in [0.15, 0.2) is 11.6 Å². The number of oxazole rings is 1. The molecule has 0 unspecified atom stereocenters. The molecule has 0 radical (unpaired) electrons. The predicted octanol–water partition coefficient (Wildman–Crippen LogP) is 2.88. The SMILES string of the molecule is Cc1ccc(-c2cnc(Nc3ccc(/C(N)=N/O)cn3)o2)cc1. The summed E-state index contributed by atoms with van der Waals surface area (Å²) in [4.78, 5) is 8.33. The summed E-state index contributed by atoms with van der Waals surface area (Å²) in [7, 11) is 0. The first-order valence-electron chi connectivity index (χ1n) is 6.89. The summed E-state index contributed by atoms with van der Waals surface area (Å²) in [5.74, 6) is 1.21. The molecule has 0 aliphatic carbocycles. The average Bonchev–Trinajstić information content (AvgIpc) is 3.04. The first kappa shape index (κ1) is 14.6. The lowest BCUT2D eigenvalue weighted by Crippen LogP contribution is -2.13. The fraction of sp³-hybridized carbons (Fsp3) is 0.0625. The van der Waals surface area contributed by atoms with E-state index in [9.17, 15) is 0 Å². The molecular weight excluding hydrogens is 294 g/mol. The summed E-state index contributed by atoms with van der Waals surface area (Å²) in [6, 6.07) is 11.7. The lowest BCUT2D eigenvalue weighted by molar-refractivity contribution is 0.318. The normalized spacial score (nSPS) is 11.4. The second-order valence-electron chi connectivity index (χ2n) is 4.94. The fourth-order valence-electron chi connectivity index (χ4n) is 1.97. The number of amidine groups is 1. The van der Waals surface area contributed by atoms with Gasteiger partial charge in [-0.25, -0.2) is 9.97 Å². The van der Waals surface area contributed by atoms with Crippen LogP contribution in [-0.2, 0) is 0 Å². The van der Waals surface area contributed by atoms with Gasteiger partial charge in [-0.3, -0.25) is 5.32 Å². The molecule has 0 aliphatic heterocycles. The number of aryl methyl sites for hydroxylation is 1. The van der Waals surface area contributed by atoms with E-state index in [4.69, 9.17) is 15.4 Å². The van der Waals surface area contributed by atoms with Crippen LogP contribution in [-0.4, -0.2) is 21.0 Å². The first-order valence-corrected chi connectivity index (χ1v) is 6.89. The smallest absolute Gasteiger partial charge is 0.300 e. The van der Waals surface area contributed by atoms with Crippen molar-refractivity contribution in [2.24, 2.45) is 10.9 Å². The Balaban J connectivity index is 1.75. The van der Waals surface area contributed by atoms with Crippen molar-refractivity contribution in [2.75, 3.05) is 5.32 Å². The van der Waals surface area contributed by atoms with E-state index in [-0.39, 0.29) is 5.84 Å². The standard InChI is InChI=1S/C16H15N5O2/c1-10-2-4-11(5-3-10)13-9-19-16(23-13)20-14-7-6-12(8-18-14)15(17)21-22/h2-9,22H,1H3,(H2,17,21)(H,18,19,20). The van der Waals surface area contributed by atoms with E-state index in [1.165, 1.54) is 11.8 Å². The summed E-state index contributed by atoms with van der Waals surface area (Å²) in [6.45, 7) is 2.03. The molecule has 2 aromatic heterocycles. The minimum Gasteiger partial charge on any atom is -0.423 e. The zero-order valence-corrected chi connectivity index (χ0v) is 12.4. The number of oxime groups is 1. The van der Waals surface area contributed by atoms with Gasteiger partial charge in [-0.2, -0.15) is 0 Å². The minimum atomic E-state index is 0.00170. The van der Waals surface area contributed by atoms with Crippen LogP contribution in [0.2, 0.25) is 0 Å². The van der Waals surface area contributed by atoms with Gasteiger partial charge in [-0.15, -0.1) is 0 Å². The van der Waals surface area contributed by atoms with Crippen LogP contribution in [0.5, 0.6) is 0 Å². The van der Waals surface area contributed by atoms with Gasteiger partial charge in [0.2, 0.25) is 0 Å². The van der Waals surface area contributed by atoms with Gasteiger partial charge in [-0.1, -0.05) is 35.0 Å². The molecular formula is C16H15N5O2. The molecule has 2 heterocycles. The molecule has 1 aromatic carbocycles. The predicted molar refractivity (Wildman–Crippen MR) is 86.7 cm³/mol. The number of benzene rings is 1. The van der Waals surface area contributed by atoms with Crippen LogP contribution in [0.1, 0.15) is 11.1 Å². The third kappa shape index (κ3) is 3.29. The summed E-state index contributed by atoms with van der Waals surface area (Å²) in [6.07, 6.45) is 3.14. The molecule has 4 N–H and O–H groups in total. The van der Waals surface area contributed by atoms with Crippen molar-refractivity contribution in [1.29, 1.82) is 0 Å². The zero-order chi connectivity index (χ0) is 16.2. The number of nitrogens with zero attached hydrogens (tertiary/aromatic N) is 3. The first-order chi connectivity index (χ1) is 11.2. The summed E-state index contributed by atoms with van der Waals surface area (Å²) >= 11 is 0. The third-order valence-corrected chi connectivity index (χ3v) is 3.24. The Labute approximate surface area is 132 Å². The number of nitrogens with two attached hydrogens (primary N) is 1. The molecule has 7 heteroatoms. The highest BCUT2D eigenvalue weighted by atomic mass is 16.4. The summed E-state index contributed by atoms with van der Waals surface area (Å²) in [5.41, 5.74) is 8.14. The monoisotopic (exact) mass is 309 g/mol. The minimum absolute atomic E-state index is 0.00170. The maximum atomic E-state index is 8.62. The van der Waals surface area contributed by atoms with Crippen molar-refractivity contribution < 1.29 is 9.62 Å². The van der Waals surface area contributed by atoms with Gasteiger partial charge in [0, 0.05) is 17.3 Å². The van der Waals surface area contributed by atoms with E-state index in [0.29, 0.717) is 23.2 Å². The highest BCUT2D eigenvalue weighted by molar-refractivity contribution is 5.96. The van der Waals surface area contributed by atoms with E-state index < -0.39 is 0 Å². The molecule has 3 aromatic rings. The molecule has 3 rings (SSSR count). The Morgan fingerprint density at radius 2 is 1.91 bits per heavy atom. The molecule has 0 fully saturated rings. The van der Waals surface area contributed by atoms with E-state index in [2.05, 4.69) is 20.4 Å². The van der Waals surface area contributed by atoms with Crippen LogP contribution in [0, 0.1) is 6.92 Å². The molecule has 7 nitrogen and oxygen atoms in total. The van der Waals surface area contributed by atoms with Crippen molar-refractivity contribution in [1.82, 2.24) is 9.97 Å². The Bertz CT molecular complexity index is 822. The summed E-state index contributed by atoms with van der Waals surface area (Å²) in [5, 5.41) is 14.5. The molecule has 0 spiro atoms. The fourth-order valence-corrected chi connectivity index (χ4v) is 1.97. The van der Waals surface area contributed by atoms with Crippen LogP contribution < -0.4 is 11.1 Å². The molecule has 23 heavy (non-hydrogen) atoms. The lowest BCUT2D eigenvalue weighted by Gasteiger charge is -2.02. The Morgan fingerprint density at radius 3 is 2.57 bits per heavy atom. The Hall–Kier alpha value is -3.35. The van der Waals surface area contributed by atoms with Gasteiger partial charge in [0.05, 0.1) is 6.20 Å². The number of aromatic nitrogens is 2. The summed E-state index contributed by atoms with van der Waals surface area (Å²) < 4.78 is 5.66. The van der Waals surface area contributed by atoms with Gasteiger partial charge in [-0.05, 0) is 19.1 Å². The second kappa shape index (κ2) is 6.18. The number of anilines is 2. The van der Waals surface area contributed by atoms with Crippen LogP contribution >= 0.6 is 0 Å². The number of hydrogen-bond donors (Lipinski definition) is 3. The molecule has 0 saturated carbocycles. The van der Waals surface area contributed by atoms with Gasteiger partial charge < -0.3 is 15.4 Å². The van der Waals surface area contributed by atoms with E-state index in [1.807, 2.05) is 31.2 Å². The second-order valence-corrected chi connectivity index (χ2v) is 4.94. The van der Waals surface area contributed by atoms with Crippen molar-refractivity contribution in [3.63, 3.8) is 0 Å². The maximum absolute atomic E-state index is 8.62. The van der Waals surface area contributed by atoms with Crippen LogP contribution in [0.4, 0.5) is 11.8 Å². The van der Waals surface area contributed by atoms with Crippen molar-refractivity contribution in [3.05, 3.63) is 59.9 Å². The third-order valence-electron chi connectivity index (χ3n) is 3.24. The number of rotatable bonds is 4. The lowest BCUT2D eigenvalue weighted by atomic mass is 10.1. The van der Waals surface area contributed by atoms with Crippen molar-refractivity contribution >= 4 is 17.7 Å². The van der Waals surface area contributed by atoms with E-state index >= 15 is 0 Å². The van der Waals surface area contributed by atoms with Crippen LogP contribution in [0.25, 0.3) is 11.3 Å². The number of pyridine rings is 1. The molecule has 0 atom stereocenters. The molecule has 0 aliphatic rings.